The predicted octanol–water partition coefficient (Wildman–Crippen LogP) is 8.41. The molecule has 0 aliphatic carbocycles. The van der Waals surface area contributed by atoms with Crippen LogP contribution in [0, 0.1) is 6.07 Å². The van der Waals surface area contributed by atoms with Crippen LogP contribution < -0.4 is 26.0 Å². The Bertz CT molecular complexity index is 1160. The molecule has 0 unspecified atom stereocenters. The summed E-state index contributed by atoms with van der Waals surface area (Å²) >= 11 is 4.72. The zero-order valence-electron chi connectivity index (χ0n) is 23.0. The summed E-state index contributed by atoms with van der Waals surface area (Å²) in [5, 5.41) is 5.87. The van der Waals surface area contributed by atoms with Crippen molar-refractivity contribution in [2.75, 3.05) is 7.11 Å². The molecule has 0 aromatic heterocycles. The van der Waals surface area contributed by atoms with E-state index < -0.39 is 15.8 Å². The van der Waals surface area contributed by atoms with Crippen LogP contribution in [0.25, 0.3) is 0 Å². The third-order valence-electron chi connectivity index (χ3n) is 6.56. The van der Waals surface area contributed by atoms with Gasteiger partial charge < -0.3 is 4.74 Å². The Morgan fingerprint density at radius 3 is 1.10 bits per heavy atom. The van der Waals surface area contributed by atoms with E-state index in [4.69, 9.17) is 4.74 Å². The van der Waals surface area contributed by atoms with Gasteiger partial charge in [0.05, 0.1) is 7.11 Å². The van der Waals surface area contributed by atoms with Crippen LogP contribution in [0.4, 0.5) is 0 Å². The van der Waals surface area contributed by atoms with E-state index in [0.717, 1.165) is 5.75 Å². The standard InChI is InChI=1S/C28H28P2.C7H7O.HI.Pd/c1-23(29(25-15-7-3-8-16-25)26-17-9-4-10-18-26)24(2)30(27-19-11-5-12-20-27)28-21-13-6-14-22-28;1-8-7-5-3-2-4-6-7;;/h3-24H,1-2H3;2-3,5-6H,1H3;1H;/q;-1;;+2/p-1/t23-,24-;;;/m1.../s1. The van der Waals surface area contributed by atoms with Crippen molar-refractivity contribution in [1.82, 2.24) is 0 Å². The maximum atomic E-state index is 4.88. The number of benzene rings is 5. The van der Waals surface area contributed by atoms with Gasteiger partial charge in [-0.05, 0) is 48.4 Å². The Kier molecular flexibility index (Phi) is 15.2. The summed E-state index contributed by atoms with van der Waals surface area (Å²) in [6, 6.07) is 54.8. The Balaban J connectivity index is 0.000000376. The molecule has 5 aromatic rings. The number of hydrogen-bond acceptors (Lipinski definition) is 1. The fourth-order valence-corrected chi connectivity index (χ4v) is 10.6. The van der Waals surface area contributed by atoms with Crippen molar-refractivity contribution in [3.05, 3.63) is 152 Å². The second kappa shape index (κ2) is 18.6. The van der Waals surface area contributed by atoms with Crippen LogP contribution in [0.1, 0.15) is 13.8 Å². The predicted molar refractivity (Wildman–Crippen MR) is 183 cm³/mol. The fourth-order valence-electron chi connectivity index (χ4n) is 4.53. The van der Waals surface area contributed by atoms with Crippen molar-refractivity contribution >= 4 is 56.6 Å². The van der Waals surface area contributed by atoms with E-state index in [0.29, 0.717) is 11.3 Å². The van der Waals surface area contributed by atoms with Crippen LogP contribution in [-0.4, -0.2) is 18.4 Å². The van der Waals surface area contributed by atoms with Crippen LogP contribution >= 0.6 is 35.4 Å². The molecule has 0 amide bonds. The number of hydrogen-bond donors (Lipinski definition) is 0. The van der Waals surface area contributed by atoms with Crippen molar-refractivity contribution in [3.63, 3.8) is 0 Å². The van der Waals surface area contributed by atoms with Gasteiger partial charge in [-0.25, -0.2) is 0 Å². The summed E-state index contributed by atoms with van der Waals surface area (Å²) in [5.74, 6) is 0.854. The molecule has 0 fully saturated rings. The SMILES string of the molecule is COc1c[c-]ccc1.C[C@H]([C@@H](C)P(c1ccccc1)c1ccccc1)P(c1ccccc1)c1ccccc1.[Pd+][I]. The van der Waals surface area contributed by atoms with E-state index in [1.54, 1.807) is 13.2 Å². The Labute approximate surface area is 264 Å². The first-order chi connectivity index (χ1) is 19.7. The maximum absolute atomic E-state index is 4.88. The molecule has 0 saturated carbocycles. The quantitative estimate of drug-likeness (QED) is 0.0668. The first-order valence-corrected chi connectivity index (χ1v) is 20.5. The minimum atomic E-state index is -0.448. The molecule has 0 saturated heterocycles. The first kappa shape index (κ1) is 32.7. The zero-order valence-corrected chi connectivity index (χ0v) is 28.5. The molecule has 0 N–H and O–H groups in total. The normalized spacial score (nSPS) is 11.9. The molecule has 0 bridgehead atoms. The van der Waals surface area contributed by atoms with E-state index in [2.05, 4.69) is 157 Å². The monoisotopic (exact) mass is 766 g/mol. The zero-order chi connectivity index (χ0) is 28.6. The van der Waals surface area contributed by atoms with E-state index in [-0.39, 0.29) is 0 Å². The summed E-state index contributed by atoms with van der Waals surface area (Å²) in [6.45, 7) is 4.94. The van der Waals surface area contributed by atoms with Crippen molar-refractivity contribution < 1.29 is 20.3 Å². The molecule has 0 radical (unpaired) electrons. The van der Waals surface area contributed by atoms with E-state index >= 15 is 0 Å². The van der Waals surface area contributed by atoms with Gasteiger partial charge in [0.2, 0.25) is 0 Å². The summed E-state index contributed by atoms with van der Waals surface area (Å²) in [5.41, 5.74) is 1.10. The number of methoxy groups -OCH3 is 1. The average Bonchev–Trinajstić information content (AvgIpc) is 3.05. The van der Waals surface area contributed by atoms with Gasteiger partial charge in [0, 0.05) is 5.75 Å². The molecule has 40 heavy (non-hydrogen) atoms. The summed E-state index contributed by atoms with van der Waals surface area (Å²) < 4.78 is 4.88. The number of rotatable bonds is 8. The molecule has 1 nitrogen and oxygen atoms in total. The van der Waals surface area contributed by atoms with Gasteiger partial charge in [0.1, 0.15) is 0 Å². The van der Waals surface area contributed by atoms with Crippen molar-refractivity contribution in [3.8, 4) is 5.75 Å². The number of ether oxygens (including phenoxy) is 1. The molecule has 2 atom stereocenters. The van der Waals surface area contributed by atoms with E-state index in [1.165, 1.54) is 21.2 Å². The first-order valence-electron chi connectivity index (χ1n) is 13.1. The van der Waals surface area contributed by atoms with Gasteiger partial charge in [-0.1, -0.05) is 135 Å². The van der Waals surface area contributed by atoms with Gasteiger partial charge in [-0.3, -0.25) is 0 Å². The summed E-state index contributed by atoms with van der Waals surface area (Å²) in [4.78, 5) is 0. The van der Waals surface area contributed by atoms with Crippen LogP contribution in [0.3, 0.4) is 0 Å². The van der Waals surface area contributed by atoms with Gasteiger partial charge >= 0.3 is 35.1 Å². The van der Waals surface area contributed by atoms with Crippen LogP contribution in [0.15, 0.2) is 146 Å². The van der Waals surface area contributed by atoms with Crippen molar-refractivity contribution in [2.45, 2.75) is 25.2 Å². The Morgan fingerprint density at radius 2 is 0.875 bits per heavy atom. The van der Waals surface area contributed by atoms with E-state index in [1.807, 2.05) is 37.7 Å². The van der Waals surface area contributed by atoms with Crippen LogP contribution in [0.2, 0.25) is 0 Å². The topological polar surface area (TPSA) is 9.23 Å². The Morgan fingerprint density at radius 1 is 0.550 bits per heavy atom. The molecule has 5 rings (SSSR count). The molecular weight excluding hydrogens is 732 g/mol. The summed E-state index contributed by atoms with van der Waals surface area (Å²) in [6.07, 6.45) is 0. The van der Waals surface area contributed by atoms with Crippen molar-refractivity contribution in [1.29, 1.82) is 0 Å². The molecule has 0 spiro atoms. The second-order valence-electron chi connectivity index (χ2n) is 9.01. The van der Waals surface area contributed by atoms with Crippen molar-refractivity contribution in [2.24, 2.45) is 0 Å². The molecule has 5 aromatic carbocycles. The molecule has 208 valence electrons. The van der Waals surface area contributed by atoms with Crippen LogP contribution in [-0.2, 0) is 15.6 Å². The second-order valence-corrected chi connectivity index (χ2v) is 14.2. The third-order valence-corrected chi connectivity index (χ3v) is 12.7. The van der Waals surface area contributed by atoms with Gasteiger partial charge in [0.25, 0.3) is 0 Å². The fraction of sp³-hybridized carbons (Fsp3) is 0.143. The van der Waals surface area contributed by atoms with E-state index in [9.17, 15) is 0 Å². The number of halogens is 1. The Hall–Kier alpha value is -1.85. The summed E-state index contributed by atoms with van der Waals surface area (Å²) in [7, 11) is 0.745. The molecular formula is C35H35IOP2Pd. The van der Waals surface area contributed by atoms with Gasteiger partial charge in [-0.2, -0.15) is 18.2 Å². The van der Waals surface area contributed by atoms with Crippen LogP contribution in [0.5, 0.6) is 5.75 Å². The molecule has 0 aliphatic heterocycles. The average molecular weight is 767 g/mol. The third kappa shape index (κ3) is 9.62. The molecule has 5 heteroatoms. The molecule has 0 aliphatic rings. The minimum absolute atomic E-state index is 0.448. The van der Waals surface area contributed by atoms with Gasteiger partial charge in [-0.15, -0.1) is 12.1 Å². The molecule has 0 heterocycles. The van der Waals surface area contributed by atoms with Gasteiger partial charge in [0.15, 0.2) is 0 Å².